The van der Waals surface area contributed by atoms with E-state index in [0.717, 1.165) is 19.6 Å². The molecular weight excluding hydrogens is 272 g/mol. The molecule has 0 radical (unpaired) electrons. The normalized spacial score (nSPS) is 24.8. The van der Waals surface area contributed by atoms with E-state index in [9.17, 15) is 0 Å². The van der Waals surface area contributed by atoms with Gasteiger partial charge in [0.2, 0.25) is 0 Å². The third-order valence-electron chi connectivity index (χ3n) is 5.53. The highest BCUT2D eigenvalue weighted by Gasteiger charge is 2.34. The van der Waals surface area contributed by atoms with Gasteiger partial charge in [-0.3, -0.25) is 4.90 Å². The minimum Gasteiger partial charge on any atom is -0.312 e. The average molecular weight is 294 g/mol. The van der Waals surface area contributed by atoms with Gasteiger partial charge in [0.15, 0.2) is 0 Å². The highest BCUT2D eigenvalue weighted by atomic mass is 15.3. The van der Waals surface area contributed by atoms with Gasteiger partial charge in [-0.1, -0.05) is 24.3 Å². The molecule has 1 atom stereocenters. The maximum Gasteiger partial charge on any atom is 0.147 e. The second-order valence-corrected chi connectivity index (χ2v) is 6.98. The molecule has 22 heavy (non-hydrogen) atoms. The number of rotatable bonds is 2. The molecule has 1 fully saturated rings. The van der Waals surface area contributed by atoms with Gasteiger partial charge >= 0.3 is 0 Å². The van der Waals surface area contributed by atoms with Crippen LogP contribution in [0, 0.1) is 0 Å². The molecule has 0 amide bonds. The second kappa shape index (κ2) is 4.92. The molecule has 0 saturated heterocycles. The molecule has 1 aromatic heterocycles. The average Bonchev–Trinajstić information content (AvgIpc) is 3.33. The van der Waals surface area contributed by atoms with Crippen LogP contribution in [0.15, 0.2) is 24.3 Å². The van der Waals surface area contributed by atoms with E-state index in [4.69, 9.17) is 0 Å². The van der Waals surface area contributed by atoms with Crippen molar-refractivity contribution in [3.05, 3.63) is 47.0 Å². The van der Waals surface area contributed by atoms with E-state index in [1.54, 1.807) is 11.1 Å². The molecule has 1 aliphatic heterocycles. The first kappa shape index (κ1) is 12.8. The molecule has 4 nitrogen and oxygen atoms in total. The molecule has 2 heterocycles. The fourth-order valence-corrected chi connectivity index (χ4v) is 4.22. The van der Waals surface area contributed by atoms with Gasteiger partial charge in [-0.2, -0.15) is 0 Å². The van der Waals surface area contributed by atoms with Crippen molar-refractivity contribution in [2.75, 3.05) is 6.54 Å². The van der Waals surface area contributed by atoms with Crippen molar-refractivity contribution < 1.29 is 0 Å². The quantitative estimate of drug-likeness (QED) is 0.853. The van der Waals surface area contributed by atoms with Gasteiger partial charge in [0.1, 0.15) is 11.6 Å². The first-order valence-corrected chi connectivity index (χ1v) is 8.64. The summed E-state index contributed by atoms with van der Waals surface area (Å²) in [7, 11) is 0. The highest BCUT2D eigenvalue weighted by Crippen LogP contribution is 2.41. The number of aryl methyl sites for hydroxylation is 1. The van der Waals surface area contributed by atoms with E-state index in [1.807, 2.05) is 0 Å². The Morgan fingerprint density at radius 3 is 2.82 bits per heavy atom. The van der Waals surface area contributed by atoms with Crippen molar-refractivity contribution in [1.29, 1.82) is 0 Å². The molecule has 3 aliphatic rings. The van der Waals surface area contributed by atoms with Gasteiger partial charge in [-0.05, 0) is 43.2 Å². The molecule has 114 valence electrons. The van der Waals surface area contributed by atoms with Gasteiger partial charge in [0.25, 0.3) is 0 Å². The van der Waals surface area contributed by atoms with Crippen LogP contribution >= 0.6 is 0 Å². The Morgan fingerprint density at radius 2 is 1.91 bits per heavy atom. The predicted molar refractivity (Wildman–Crippen MR) is 84.5 cm³/mol. The molecule has 1 saturated carbocycles. The van der Waals surface area contributed by atoms with Gasteiger partial charge < -0.3 is 4.57 Å². The summed E-state index contributed by atoms with van der Waals surface area (Å²) in [6, 6.07) is 9.57. The van der Waals surface area contributed by atoms with Crippen molar-refractivity contribution in [2.24, 2.45) is 0 Å². The number of benzene rings is 1. The SMILES string of the molecule is c1ccc2c(c1)CCCC2N1CCn2c(nnc2C2CC2)C1. The van der Waals surface area contributed by atoms with Crippen LogP contribution in [0.4, 0.5) is 0 Å². The van der Waals surface area contributed by atoms with Crippen LogP contribution in [0.1, 0.15) is 60.4 Å². The van der Waals surface area contributed by atoms with Crippen LogP contribution in [0.5, 0.6) is 0 Å². The minimum absolute atomic E-state index is 0.569. The van der Waals surface area contributed by atoms with Gasteiger partial charge in [0, 0.05) is 25.0 Å². The van der Waals surface area contributed by atoms with Crippen LogP contribution in [0.2, 0.25) is 0 Å². The zero-order chi connectivity index (χ0) is 14.5. The number of hydrogen-bond acceptors (Lipinski definition) is 3. The smallest absolute Gasteiger partial charge is 0.147 e. The Balaban J connectivity index is 1.43. The van der Waals surface area contributed by atoms with E-state index in [2.05, 4.69) is 43.9 Å². The number of hydrogen-bond donors (Lipinski definition) is 0. The number of aromatic nitrogens is 3. The van der Waals surface area contributed by atoms with Crippen molar-refractivity contribution in [3.63, 3.8) is 0 Å². The largest absolute Gasteiger partial charge is 0.312 e. The maximum absolute atomic E-state index is 4.49. The number of nitrogens with zero attached hydrogens (tertiary/aromatic N) is 4. The molecule has 0 spiro atoms. The first-order valence-electron chi connectivity index (χ1n) is 8.64. The van der Waals surface area contributed by atoms with Crippen molar-refractivity contribution in [2.45, 2.75) is 57.2 Å². The summed E-state index contributed by atoms with van der Waals surface area (Å²) < 4.78 is 2.39. The Morgan fingerprint density at radius 1 is 1.00 bits per heavy atom. The Bertz CT molecular complexity index is 701. The van der Waals surface area contributed by atoms with Crippen LogP contribution in [-0.2, 0) is 19.5 Å². The lowest BCUT2D eigenvalue weighted by Crippen LogP contribution is -2.38. The van der Waals surface area contributed by atoms with Crippen molar-refractivity contribution in [1.82, 2.24) is 19.7 Å². The van der Waals surface area contributed by atoms with E-state index >= 15 is 0 Å². The lowest BCUT2D eigenvalue weighted by Gasteiger charge is -2.38. The minimum atomic E-state index is 0.569. The molecule has 5 rings (SSSR count). The van der Waals surface area contributed by atoms with Gasteiger partial charge in [-0.15, -0.1) is 10.2 Å². The summed E-state index contributed by atoms with van der Waals surface area (Å²) in [5.74, 6) is 3.12. The Labute approximate surface area is 131 Å². The second-order valence-electron chi connectivity index (χ2n) is 6.98. The highest BCUT2D eigenvalue weighted by molar-refractivity contribution is 5.32. The monoisotopic (exact) mass is 294 g/mol. The maximum atomic E-state index is 4.49. The van der Waals surface area contributed by atoms with E-state index in [1.165, 1.54) is 43.8 Å². The standard InChI is InChI=1S/C18H22N4/c1-2-6-15-13(4-1)5-3-7-16(15)21-10-11-22-17(12-21)19-20-18(22)14-8-9-14/h1-2,4,6,14,16H,3,5,7-12H2. The molecule has 0 N–H and O–H groups in total. The summed E-state index contributed by atoms with van der Waals surface area (Å²) in [5, 5.41) is 8.96. The summed E-state index contributed by atoms with van der Waals surface area (Å²) in [6.07, 6.45) is 6.43. The third kappa shape index (κ3) is 2.01. The molecule has 2 aromatic rings. The predicted octanol–water partition coefficient (Wildman–Crippen LogP) is 3.05. The molecule has 4 heteroatoms. The molecular formula is C18H22N4. The van der Waals surface area contributed by atoms with Crippen LogP contribution in [0.25, 0.3) is 0 Å². The fraction of sp³-hybridized carbons (Fsp3) is 0.556. The summed E-state index contributed by atoms with van der Waals surface area (Å²) in [6.45, 7) is 3.15. The van der Waals surface area contributed by atoms with Gasteiger partial charge in [0.05, 0.1) is 6.54 Å². The molecule has 2 aliphatic carbocycles. The summed E-state index contributed by atoms with van der Waals surface area (Å²) in [5.41, 5.74) is 3.09. The lowest BCUT2D eigenvalue weighted by atomic mass is 9.86. The fourth-order valence-electron chi connectivity index (χ4n) is 4.22. The van der Waals surface area contributed by atoms with Crippen LogP contribution < -0.4 is 0 Å². The molecule has 0 bridgehead atoms. The zero-order valence-corrected chi connectivity index (χ0v) is 12.9. The third-order valence-corrected chi connectivity index (χ3v) is 5.53. The molecule has 1 aromatic carbocycles. The summed E-state index contributed by atoms with van der Waals surface area (Å²) >= 11 is 0. The zero-order valence-electron chi connectivity index (χ0n) is 12.9. The van der Waals surface area contributed by atoms with Crippen LogP contribution in [0.3, 0.4) is 0 Å². The first-order chi connectivity index (χ1) is 10.9. The van der Waals surface area contributed by atoms with Crippen LogP contribution in [-0.4, -0.2) is 26.2 Å². The van der Waals surface area contributed by atoms with E-state index < -0.39 is 0 Å². The van der Waals surface area contributed by atoms with Gasteiger partial charge in [-0.25, -0.2) is 0 Å². The van der Waals surface area contributed by atoms with Crippen molar-refractivity contribution in [3.8, 4) is 0 Å². The number of fused-ring (bicyclic) bond motifs is 2. The Kier molecular flexibility index (Phi) is 2.87. The molecule has 1 unspecified atom stereocenters. The summed E-state index contributed by atoms with van der Waals surface area (Å²) in [4.78, 5) is 2.62. The van der Waals surface area contributed by atoms with E-state index in [0.29, 0.717) is 12.0 Å². The topological polar surface area (TPSA) is 34.0 Å². The lowest BCUT2D eigenvalue weighted by molar-refractivity contribution is 0.137. The van der Waals surface area contributed by atoms with E-state index in [-0.39, 0.29) is 0 Å². The van der Waals surface area contributed by atoms with Crippen molar-refractivity contribution >= 4 is 0 Å². The Hall–Kier alpha value is -1.68.